The van der Waals surface area contributed by atoms with Gasteiger partial charge in [0.05, 0.1) is 0 Å². The van der Waals surface area contributed by atoms with E-state index < -0.39 is 0 Å². The Balaban J connectivity index is 2.72. The molecule has 1 atom stereocenters. The first kappa shape index (κ1) is 6.85. The fraction of sp³-hybridized carbons (Fsp3) is 0.778. The van der Waals surface area contributed by atoms with E-state index in [2.05, 4.69) is 20.8 Å². The van der Waals surface area contributed by atoms with Crippen molar-refractivity contribution in [3.05, 3.63) is 11.1 Å². The van der Waals surface area contributed by atoms with Gasteiger partial charge in [0.2, 0.25) is 0 Å². The normalized spacial score (nSPS) is 29.0. The summed E-state index contributed by atoms with van der Waals surface area (Å²) in [6.07, 6.45) is 4.16. The largest absolute Gasteiger partial charge is 0.0741 e. The van der Waals surface area contributed by atoms with Crippen molar-refractivity contribution < 1.29 is 0 Å². The SMILES string of the molecule is CC1=C(C)[C@H](C)CCC1. The molecule has 0 aromatic heterocycles. The first-order valence-corrected chi connectivity index (χ1v) is 3.88. The van der Waals surface area contributed by atoms with Gasteiger partial charge >= 0.3 is 0 Å². The van der Waals surface area contributed by atoms with Crippen molar-refractivity contribution >= 4 is 0 Å². The highest BCUT2D eigenvalue weighted by Gasteiger charge is 2.11. The Morgan fingerprint density at radius 1 is 1.33 bits per heavy atom. The van der Waals surface area contributed by atoms with Crippen LogP contribution in [-0.4, -0.2) is 0 Å². The van der Waals surface area contributed by atoms with Gasteiger partial charge in [0.1, 0.15) is 0 Å². The van der Waals surface area contributed by atoms with E-state index >= 15 is 0 Å². The zero-order valence-electron chi connectivity index (χ0n) is 6.70. The molecule has 0 aliphatic heterocycles. The van der Waals surface area contributed by atoms with Gasteiger partial charge in [0, 0.05) is 0 Å². The maximum atomic E-state index is 2.33. The van der Waals surface area contributed by atoms with E-state index in [1.807, 2.05) is 0 Å². The molecule has 0 aromatic carbocycles. The Morgan fingerprint density at radius 3 is 2.44 bits per heavy atom. The predicted molar refractivity (Wildman–Crippen MR) is 41.4 cm³/mol. The molecule has 0 fully saturated rings. The molecule has 0 amide bonds. The van der Waals surface area contributed by atoms with Crippen LogP contribution in [0, 0.1) is 5.92 Å². The molecule has 0 N–H and O–H groups in total. The molecule has 52 valence electrons. The zero-order valence-corrected chi connectivity index (χ0v) is 6.70. The second-order valence-corrected chi connectivity index (χ2v) is 3.26. The van der Waals surface area contributed by atoms with Gasteiger partial charge in [-0.3, -0.25) is 0 Å². The topological polar surface area (TPSA) is 0 Å². The van der Waals surface area contributed by atoms with E-state index in [9.17, 15) is 0 Å². The minimum Gasteiger partial charge on any atom is -0.0741 e. The number of allylic oxidation sites excluding steroid dienone is 2. The van der Waals surface area contributed by atoms with Crippen LogP contribution in [-0.2, 0) is 0 Å². The second-order valence-electron chi connectivity index (χ2n) is 3.26. The van der Waals surface area contributed by atoms with E-state index in [1.54, 1.807) is 11.1 Å². The molecular formula is C9H16. The summed E-state index contributed by atoms with van der Waals surface area (Å²) in [4.78, 5) is 0. The maximum Gasteiger partial charge on any atom is -0.0232 e. The standard InChI is InChI=1S/C9H16/c1-7-5-4-6-8(2)9(7)3/h7H,4-6H2,1-3H3/t7-/m1/s1. The van der Waals surface area contributed by atoms with Crippen LogP contribution in [0.2, 0.25) is 0 Å². The Morgan fingerprint density at radius 2 is 2.00 bits per heavy atom. The molecule has 0 heteroatoms. The lowest BCUT2D eigenvalue weighted by atomic mass is 9.86. The molecule has 9 heavy (non-hydrogen) atoms. The Hall–Kier alpha value is -0.260. The summed E-state index contributed by atoms with van der Waals surface area (Å²) in [6, 6.07) is 0. The van der Waals surface area contributed by atoms with Gasteiger partial charge in [-0.15, -0.1) is 0 Å². The van der Waals surface area contributed by atoms with Crippen LogP contribution < -0.4 is 0 Å². The van der Waals surface area contributed by atoms with Gasteiger partial charge in [0.25, 0.3) is 0 Å². The molecule has 1 aliphatic carbocycles. The summed E-state index contributed by atoms with van der Waals surface area (Å²) in [7, 11) is 0. The van der Waals surface area contributed by atoms with Crippen molar-refractivity contribution in [3.8, 4) is 0 Å². The summed E-state index contributed by atoms with van der Waals surface area (Å²) in [5, 5.41) is 0. The fourth-order valence-corrected chi connectivity index (χ4v) is 1.51. The summed E-state index contributed by atoms with van der Waals surface area (Å²) >= 11 is 0. The second kappa shape index (κ2) is 2.55. The minimum atomic E-state index is 0.860. The van der Waals surface area contributed by atoms with Gasteiger partial charge < -0.3 is 0 Å². The zero-order chi connectivity index (χ0) is 6.85. The van der Waals surface area contributed by atoms with Crippen molar-refractivity contribution in [1.82, 2.24) is 0 Å². The van der Waals surface area contributed by atoms with Crippen LogP contribution in [0.15, 0.2) is 11.1 Å². The van der Waals surface area contributed by atoms with Crippen LogP contribution in [0.5, 0.6) is 0 Å². The predicted octanol–water partition coefficient (Wildman–Crippen LogP) is 3.14. The van der Waals surface area contributed by atoms with E-state index in [-0.39, 0.29) is 0 Å². The van der Waals surface area contributed by atoms with E-state index in [0.29, 0.717) is 0 Å². The van der Waals surface area contributed by atoms with Crippen molar-refractivity contribution in [2.45, 2.75) is 40.0 Å². The average Bonchev–Trinajstić information content (AvgIpc) is 1.83. The van der Waals surface area contributed by atoms with E-state index in [0.717, 1.165) is 5.92 Å². The molecule has 1 rings (SSSR count). The molecule has 0 saturated carbocycles. The number of hydrogen-bond donors (Lipinski definition) is 0. The Labute approximate surface area is 58.0 Å². The highest BCUT2D eigenvalue weighted by Crippen LogP contribution is 2.28. The van der Waals surface area contributed by atoms with Crippen LogP contribution in [0.4, 0.5) is 0 Å². The molecule has 0 unspecified atom stereocenters. The third kappa shape index (κ3) is 1.35. The van der Waals surface area contributed by atoms with Crippen molar-refractivity contribution in [3.63, 3.8) is 0 Å². The summed E-state index contributed by atoms with van der Waals surface area (Å²) in [5.41, 5.74) is 3.27. The molecular weight excluding hydrogens is 108 g/mol. The lowest BCUT2D eigenvalue weighted by molar-refractivity contribution is 0.535. The molecule has 0 bridgehead atoms. The van der Waals surface area contributed by atoms with Gasteiger partial charge in [-0.05, 0) is 39.0 Å². The highest BCUT2D eigenvalue weighted by molar-refractivity contribution is 5.14. The highest BCUT2D eigenvalue weighted by atomic mass is 14.2. The summed E-state index contributed by atoms with van der Waals surface area (Å²) in [6.45, 7) is 6.88. The molecule has 0 heterocycles. The van der Waals surface area contributed by atoms with E-state index in [4.69, 9.17) is 0 Å². The van der Waals surface area contributed by atoms with Gasteiger partial charge in [-0.2, -0.15) is 0 Å². The van der Waals surface area contributed by atoms with Crippen molar-refractivity contribution in [1.29, 1.82) is 0 Å². The van der Waals surface area contributed by atoms with Crippen LogP contribution in [0.25, 0.3) is 0 Å². The van der Waals surface area contributed by atoms with Crippen LogP contribution in [0.1, 0.15) is 40.0 Å². The summed E-state index contributed by atoms with van der Waals surface area (Å²) < 4.78 is 0. The lowest BCUT2D eigenvalue weighted by Gasteiger charge is -2.20. The van der Waals surface area contributed by atoms with Crippen LogP contribution in [0.3, 0.4) is 0 Å². The maximum absolute atomic E-state index is 2.33. The summed E-state index contributed by atoms with van der Waals surface area (Å²) in [5.74, 6) is 0.860. The molecule has 0 aromatic rings. The third-order valence-electron chi connectivity index (χ3n) is 2.60. The quantitative estimate of drug-likeness (QED) is 0.435. The van der Waals surface area contributed by atoms with E-state index in [1.165, 1.54) is 19.3 Å². The van der Waals surface area contributed by atoms with Crippen LogP contribution >= 0.6 is 0 Å². The average molecular weight is 124 g/mol. The minimum absolute atomic E-state index is 0.860. The monoisotopic (exact) mass is 124 g/mol. The number of hydrogen-bond acceptors (Lipinski definition) is 0. The molecule has 0 saturated heterocycles. The first-order valence-electron chi connectivity index (χ1n) is 3.88. The van der Waals surface area contributed by atoms with Crippen molar-refractivity contribution in [2.24, 2.45) is 5.92 Å². The van der Waals surface area contributed by atoms with Gasteiger partial charge in [-0.25, -0.2) is 0 Å². The smallest absolute Gasteiger partial charge is 0.0232 e. The van der Waals surface area contributed by atoms with Gasteiger partial charge in [0.15, 0.2) is 0 Å². The molecule has 0 nitrogen and oxygen atoms in total. The first-order chi connectivity index (χ1) is 4.22. The Kier molecular flexibility index (Phi) is 1.94. The number of rotatable bonds is 0. The molecule has 0 radical (unpaired) electrons. The van der Waals surface area contributed by atoms with Gasteiger partial charge in [-0.1, -0.05) is 18.1 Å². The molecule has 1 aliphatic rings. The molecule has 0 spiro atoms. The third-order valence-corrected chi connectivity index (χ3v) is 2.60. The lowest BCUT2D eigenvalue weighted by Crippen LogP contribution is -2.04. The fourth-order valence-electron chi connectivity index (χ4n) is 1.51. The van der Waals surface area contributed by atoms with Crippen molar-refractivity contribution in [2.75, 3.05) is 0 Å². The Bertz CT molecular complexity index is 131.